The van der Waals surface area contributed by atoms with Gasteiger partial charge in [0.25, 0.3) is 0 Å². The van der Waals surface area contributed by atoms with Gasteiger partial charge in [0.2, 0.25) is 11.0 Å². The van der Waals surface area contributed by atoms with Gasteiger partial charge in [0.05, 0.1) is 0 Å². The van der Waals surface area contributed by atoms with Gasteiger partial charge in [-0.3, -0.25) is 4.79 Å². The Bertz CT molecular complexity index is 353. The molecule has 1 aromatic heterocycles. The van der Waals surface area contributed by atoms with Crippen molar-refractivity contribution in [2.24, 2.45) is 11.7 Å². The molecular weight excluding hydrogens is 236 g/mol. The van der Waals surface area contributed by atoms with E-state index < -0.39 is 0 Å². The van der Waals surface area contributed by atoms with Crippen molar-refractivity contribution in [3.63, 3.8) is 0 Å². The summed E-state index contributed by atoms with van der Waals surface area (Å²) in [5.74, 6) is 0.554. The summed E-state index contributed by atoms with van der Waals surface area (Å²) in [4.78, 5) is 11.6. The number of nitrogens with zero attached hydrogens (tertiary/aromatic N) is 2. The van der Waals surface area contributed by atoms with Crippen LogP contribution in [0.1, 0.15) is 37.6 Å². The fourth-order valence-corrected chi connectivity index (χ4v) is 2.26. The highest BCUT2D eigenvalue weighted by atomic mass is 32.1. The molecule has 1 atom stereocenters. The Morgan fingerprint density at radius 1 is 1.47 bits per heavy atom. The zero-order valence-corrected chi connectivity index (χ0v) is 11.2. The van der Waals surface area contributed by atoms with Gasteiger partial charge in [0, 0.05) is 6.42 Å². The first kappa shape index (κ1) is 14.1. The van der Waals surface area contributed by atoms with Crippen LogP contribution in [0.5, 0.6) is 0 Å². The Labute approximate surface area is 106 Å². The van der Waals surface area contributed by atoms with E-state index in [0.717, 1.165) is 24.3 Å². The number of nitrogens with one attached hydrogen (secondary N) is 1. The topological polar surface area (TPSA) is 80.9 Å². The average molecular weight is 256 g/mol. The second-order valence-corrected chi connectivity index (χ2v) is 5.25. The fraction of sp³-hybridized carbons (Fsp3) is 0.727. The van der Waals surface area contributed by atoms with E-state index in [9.17, 15) is 4.79 Å². The van der Waals surface area contributed by atoms with Crippen molar-refractivity contribution in [2.45, 2.75) is 39.5 Å². The summed E-state index contributed by atoms with van der Waals surface area (Å²) in [5.41, 5.74) is 5.52. The summed E-state index contributed by atoms with van der Waals surface area (Å²) in [6.45, 7) is 4.68. The molecule has 1 amide bonds. The van der Waals surface area contributed by atoms with Crippen LogP contribution in [0, 0.1) is 12.8 Å². The normalized spacial score (nSPS) is 12.4. The number of aromatic nitrogens is 2. The van der Waals surface area contributed by atoms with Crippen molar-refractivity contribution >= 4 is 22.4 Å². The molecule has 96 valence electrons. The minimum Gasteiger partial charge on any atom is -0.330 e. The second-order valence-electron chi connectivity index (χ2n) is 4.06. The Hall–Kier alpha value is -1.01. The van der Waals surface area contributed by atoms with Crippen LogP contribution in [0.3, 0.4) is 0 Å². The minimum absolute atomic E-state index is 0.0108. The van der Waals surface area contributed by atoms with Gasteiger partial charge in [-0.1, -0.05) is 24.7 Å². The predicted octanol–water partition coefficient (Wildman–Crippen LogP) is 1.94. The smallest absolute Gasteiger partial charge is 0.226 e. The van der Waals surface area contributed by atoms with Crippen LogP contribution in [-0.2, 0) is 4.79 Å². The molecule has 1 heterocycles. The number of hydrogen-bond donors (Lipinski definition) is 2. The lowest BCUT2D eigenvalue weighted by Crippen LogP contribution is -2.15. The maximum absolute atomic E-state index is 11.6. The molecule has 6 heteroatoms. The zero-order valence-electron chi connectivity index (χ0n) is 10.4. The molecular formula is C11H20N4OS. The molecule has 0 aliphatic rings. The SMILES string of the molecule is CCC(CCN)CCC(=O)Nc1nnc(C)s1. The van der Waals surface area contributed by atoms with Crippen LogP contribution in [0.2, 0.25) is 0 Å². The van der Waals surface area contributed by atoms with Gasteiger partial charge in [-0.2, -0.15) is 0 Å². The molecule has 1 aromatic rings. The van der Waals surface area contributed by atoms with Crippen LogP contribution in [0.4, 0.5) is 5.13 Å². The Morgan fingerprint density at radius 3 is 2.76 bits per heavy atom. The van der Waals surface area contributed by atoms with Crippen LogP contribution in [0.25, 0.3) is 0 Å². The lowest BCUT2D eigenvalue weighted by Gasteiger charge is -2.12. The number of aryl methyl sites for hydroxylation is 1. The quantitative estimate of drug-likeness (QED) is 0.781. The van der Waals surface area contributed by atoms with E-state index in [1.807, 2.05) is 6.92 Å². The lowest BCUT2D eigenvalue weighted by molar-refractivity contribution is -0.116. The third-order valence-corrected chi connectivity index (χ3v) is 3.46. The molecule has 0 radical (unpaired) electrons. The van der Waals surface area contributed by atoms with Crippen molar-refractivity contribution in [3.05, 3.63) is 5.01 Å². The van der Waals surface area contributed by atoms with Crippen LogP contribution in [-0.4, -0.2) is 22.6 Å². The predicted molar refractivity (Wildman–Crippen MR) is 70.0 cm³/mol. The first-order chi connectivity index (χ1) is 8.15. The van der Waals surface area contributed by atoms with Gasteiger partial charge in [0.1, 0.15) is 5.01 Å². The molecule has 0 aliphatic carbocycles. The van der Waals surface area contributed by atoms with E-state index in [-0.39, 0.29) is 5.91 Å². The third-order valence-electron chi connectivity index (χ3n) is 2.70. The number of amides is 1. The molecule has 0 saturated heterocycles. The van der Waals surface area contributed by atoms with Crippen molar-refractivity contribution in [1.29, 1.82) is 0 Å². The van der Waals surface area contributed by atoms with E-state index in [0.29, 0.717) is 24.0 Å². The molecule has 1 unspecified atom stereocenters. The average Bonchev–Trinajstić information content (AvgIpc) is 2.70. The number of rotatable bonds is 7. The number of hydrogen-bond acceptors (Lipinski definition) is 5. The minimum atomic E-state index is 0.0108. The first-order valence-electron chi connectivity index (χ1n) is 5.95. The summed E-state index contributed by atoms with van der Waals surface area (Å²) < 4.78 is 0. The third kappa shape index (κ3) is 5.23. The molecule has 0 saturated carbocycles. The van der Waals surface area contributed by atoms with Gasteiger partial charge in [-0.25, -0.2) is 0 Å². The van der Waals surface area contributed by atoms with Crippen molar-refractivity contribution in [3.8, 4) is 0 Å². The van der Waals surface area contributed by atoms with E-state index in [2.05, 4.69) is 22.4 Å². The van der Waals surface area contributed by atoms with Gasteiger partial charge in [0.15, 0.2) is 0 Å². The summed E-state index contributed by atoms with van der Waals surface area (Å²) in [6.07, 6.45) is 3.47. The molecule has 0 fully saturated rings. The highest BCUT2D eigenvalue weighted by Gasteiger charge is 2.10. The van der Waals surface area contributed by atoms with E-state index in [1.54, 1.807) is 0 Å². The first-order valence-corrected chi connectivity index (χ1v) is 6.77. The number of carbonyl (C=O) groups excluding carboxylic acids is 1. The van der Waals surface area contributed by atoms with Crippen LogP contribution in [0.15, 0.2) is 0 Å². The standard InChI is InChI=1S/C11H20N4OS/c1-3-9(6-7-12)4-5-10(16)13-11-15-14-8(2)17-11/h9H,3-7,12H2,1-2H3,(H,13,15,16). The van der Waals surface area contributed by atoms with E-state index in [4.69, 9.17) is 5.73 Å². The molecule has 5 nitrogen and oxygen atoms in total. The van der Waals surface area contributed by atoms with Gasteiger partial charge in [-0.15, -0.1) is 10.2 Å². The van der Waals surface area contributed by atoms with E-state index in [1.165, 1.54) is 11.3 Å². The molecule has 0 bridgehead atoms. The fourth-order valence-electron chi connectivity index (χ4n) is 1.65. The number of nitrogens with two attached hydrogens (primary N) is 1. The van der Waals surface area contributed by atoms with Gasteiger partial charge in [-0.05, 0) is 32.2 Å². The van der Waals surface area contributed by atoms with Crippen molar-refractivity contribution in [1.82, 2.24) is 10.2 Å². The maximum atomic E-state index is 11.6. The van der Waals surface area contributed by atoms with Crippen molar-refractivity contribution < 1.29 is 4.79 Å². The number of carbonyl (C=O) groups is 1. The summed E-state index contributed by atoms with van der Waals surface area (Å²) in [6, 6.07) is 0. The number of anilines is 1. The zero-order chi connectivity index (χ0) is 12.7. The maximum Gasteiger partial charge on any atom is 0.226 e. The largest absolute Gasteiger partial charge is 0.330 e. The van der Waals surface area contributed by atoms with Crippen LogP contribution < -0.4 is 11.1 Å². The summed E-state index contributed by atoms with van der Waals surface area (Å²) in [7, 11) is 0. The highest BCUT2D eigenvalue weighted by Crippen LogP contribution is 2.17. The molecule has 3 N–H and O–H groups in total. The Balaban J connectivity index is 2.29. The van der Waals surface area contributed by atoms with Gasteiger partial charge >= 0.3 is 0 Å². The summed E-state index contributed by atoms with van der Waals surface area (Å²) >= 11 is 1.39. The van der Waals surface area contributed by atoms with Gasteiger partial charge < -0.3 is 11.1 Å². The highest BCUT2D eigenvalue weighted by molar-refractivity contribution is 7.15. The summed E-state index contributed by atoms with van der Waals surface area (Å²) in [5, 5.41) is 11.9. The lowest BCUT2D eigenvalue weighted by atomic mass is 9.96. The Kier molecular flexibility index (Phi) is 6.07. The van der Waals surface area contributed by atoms with Crippen molar-refractivity contribution in [2.75, 3.05) is 11.9 Å². The molecule has 0 aromatic carbocycles. The second kappa shape index (κ2) is 7.34. The molecule has 0 aliphatic heterocycles. The van der Waals surface area contributed by atoms with Crippen LogP contribution >= 0.6 is 11.3 Å². The monoisotopic (exact) mass is 256 g/mol. The molecule has 0 spiro atoms. The molecule has 17 heavy (non-hydrogen) atoms. The molecule has 1 rings (SSSR count). The Morgan fingerprint density at radius 2 is 2.24 bits per heavy atom. The van der Waals surface area contributed by atoms with E-state index >= 15 is 0 Å².